The summed E-state index contributed by atoms with van der Waals surface area (Å²) in [5.41, 5.74) is 4.91. The van der Waals surface area contributed by atoms with E-state index in [4.69, 9.17) is 5.73 Å². The summed E-state index contributed by atoms with van der Waals surface area (Å²) in [5, 5.41) is 30.6. The predicted octanol–water partition coefficient (Wildman–Crippen LogP) is -11.0. The van der Waals surface area contributed by atoms with Gasteiger partial charge >= 0.3 is 88.7 Å². The van der Waals surface area contributed by atoms with E-state index < -0.39 is 39.3 Å². The Morgan fingerprint density at radius 2 is 1.42 bits per heavy atom. The number of unbranched alkanes of at least 4 members (excludes halogenated alkanes) is 6. The topological polar surface area (TPSA) is 190 Å². The third-order valence-electron chi connectivity index (χ3n) is 3.45. The number of hydrogen-bond acceptors (Lipinski definition) is 10. The fraction of sp³-hybridized carbons (Fsp3) is 0.706. The van der Waals surface area contributed by atoms with E-state index in [0.717, 1.165) is 18.9 Å². The van der Waals surface area contributed by atoms with Gasteiger partial charge in [0.2, 0.25) is 0 Å². The molecule has 0 aliphatic heterocycles. The van der Waals surface area contributed by atoms with Gasteiger partial charge in [0.15, 0.2) is 4.87 Å². The number of carbonyl (C=O) groups is 3. The molecule has 0 fully saturated rings. The van der Waals surface area contributed by atoms with Gasteiger partial charge in [0.25, 0.3) is 10.1 Å². The molecule has 0 heterocycles. The van der Waals surface area contributed by atoms with E-state index in [1.54, 1.807) is 6.08 Å². The van der Waals surface area contributed by atoms with Crippen molar-refractivity contribution in [2.75, 3.05) is 6.61 Å². The Hall–Kier alpha value is 1.02. The maximum atomic E-state index is 11.2. The van der Waals surface area contributed by atoms with Gasteiger partial charge < -0.3 is 35.4 Å². The molecule has 164 valence electrons. The van der Waals surface area contributed by atoms with Gasteiger partial charge in [-0.25, -0.2) is 0 Å². The minimum absolute atomic E-state index is 0. The molecule has 0 spiro atoms. The maximum absolute atomic E-state index is 11.2. The molecule has 1 unspecified atom stereocenters. The zero-order valence-corrected chi connectivity index (χ0v) is 26.0. The molecule has 0 aromatic carbocycles. The summed E-state index contributed by atoms with van der Waals surface area (Å²) < 4.78 is 26.4. The van der Waals surface area contributed by atoms with Crippen molar-refractivity contribution < 1.29 is 131 Å². The van der Waals surface area contributed by atoms with Crippen molar-refractivity contribution in [3.63, 3.8) is 0 Å². The summed E-state index contributed by atoms with van der Waals surface area (Å²) in [6, 6.07) is 0. The predicted molar refractivity (Wildman–Crippen MR) is 94.2 cm³/mol. The minimum Gasteiger partial charge on any atom is -0.550 e. The van der Waals surface area contributed by atoms with Crippen LogP contribution < -0.4 is 110 Å². The first-order valence-corrected chi connectivity index (χ1v) is 10.3. The van der Waals surface area contributed by atoms with Crippen molar-refractivity contribution in [3.05, 3.63) is 12.2 Å². The monoisotopic (exact) mass is 491 g/mol. The number of carbonyl (C=O) groups excluding carboxylic acids is 3. The van der Waals surface area contributed by atoms with Crippen molar-refractivity contribution in [1.82, 2.24) is 0 Å². The Morgan fingerprint density at radius 1 is 0.935 bits per heavy atom. The summed E-state index contributed by atoms with van der Waals surface area (Å²) >= 11 is 0. The van der Waals surface area contributed by atoms with Crippen molar-refractivity contribution in [1.29, 1.82) is 0 Å². The van der Waals surface area contributed by atoms with Crippen LogP contribution in [0.5, 0.6) is 0 Å². The molecular weight excluding hydrogens is 463 g/mol. The summed E-state index contributed by atoms with van der Waals surface area (Å²) in [4.78, 5) is 27.5. The van der Waals surface area contributed by atoms with Crippen molar-refractivity contribution in [2.45, 2.75) is 70.1 Å². The molecule has 2 N–H and O–H groups in total. The largest absolute Gasteiger partial charge is 1.00 e. The van der Waals surface area contributed by atoms with E-state index in [1.165, 1.54) is 39.0 Å². The van der Waals surface area contributed by atoms with Crippen molar-refractivity contribution >= 4 is 28.0 Å². The molecule has 0 aliphatic rings. The smallest absolute Gasteiger partial charge is 0.550 e. The van der Waals surface area contributed by atoms with Crippen LogP contribution in [0.2, 0.25) is 0 Å². The van der Waals surface area contributed by atoms with Gasteiger partial charge in [0.1, 0.15) is 0 Å². The van der Waals surface area contributed by atoms with Crippen LogP contribution in [0.15, 0.2) is 12.2 Å². The summed E-state index contributed by atoms with van der Waals surface area (Å²) in [6.07, 6.45) is 9.66. The van der Waals surface area contributed by atoms with Gasteiger partial charge in [-0.3, -0.25) is 4.18 Å². The molecule has 0 saturated heterocycles. The second-order valence-corrected chi connectivity index (χ2v) is 7.74. The molecule has 0 amide bonds. The second kappa shape index (κ2) is 24.2. The number of carboxylic acid groups (broad SMARTS) is 3. The van der Waals surface area contributed by atoms with Crippen LogP contribution in [-0.2, 0) is 28.7 Å². The molecule has 14 heteroatoms. The van der Waals surface area contributed by atoms with Gasteiger partial charge in [-0.15, -0.1) is 0 Å². The molecule has 31 heavy (non-hydrogen) atoms. The van der Waals surface area contributed by atoms with Crippen LogP contribution in [0.4, 0.5) is 0 Å². The van der Waals surface area contributed by atoms with Gasteiger partial charge in [0.05, 0.1) is 18.5 Å². The molecule has 0 saturated carbocycles. The Labute approximate surface area is 250 Å². The van der Waals surface area contributed by atoms with Crippen LogP contribution >= 0.6 is 0 Å². The third-order valence-corrected chi connectivity index (χ3v) is 5.20. The molecule has 10 nitrogen and oxygen atoms in total. The Bertz CT molecular complexity index is 630. The fourth-order valence-corrected chi connectivity index (χ4v) is 2.98. The number of hydrogen-bond donors (Lipinski definition) is 1. The Kier molecular flexibility index (Phi) is 32.9. The number of allylic oxidation sites excluding steroid dienone is 1. The molecule has 0 bridgehead atoms. The summed E-state index contributed by atoms with van der Waals surface area (Å²) in [6.45, 7) is 3.09. The van der Waals surface area contributed by atoms with Gasteiger partial charge in [-0.05, 0) is 25.8 Å². The van der Waals surface area contributed by atoms with E-state index in [1.807, 2.05) is 0 Å². The molecule has 0 aromatic heterocycles. The molecule has 0 radical (unpaired) electrons. The van der Waals surface area contributed by atoms with E-state index in [9.17, 15) is 38.1 Å². The fourth-order valence-electron chi connectivity index (χ4n) is 1.96. The molecule has 0 aromatic rings. The van der Waals surface area contributed by atoms with Crippen LogP contribution in [0.25, 0.3) is 0 Å². The number of carboxylic acids is 3. The first-order valence-electron chi connectivity index (χ1n) is 8.91. The first-order chi connectivity index (χ1) is 12.9. The number of aliphatic carboxylic acids is 3. The van der Waals surface area contributed by atoms with E-state index in [-0.39, 0.29) is 95.3 Å². The third kappa shape index (κ3) is 21.3. The molecule has 0 aliphatic carbocycles. The second-order valence-electron chi connectivity index (χ2n) is 5.86. The normalized spacial score (nSPS) is 12.1. The zero-order valence-electron chi connectivity index (χ0n) is 19.2. The van der Waals surface area contributed by atoms with Crippen LogP contribution in [-0.4, -0.2) is 37.8 Å². The number of nitrogens with two attached hydrogens (primary N) is 1. The van der Waals surface area contributed by atoms with Crippen LogP contribution in [0.3, 0.4) is 0 Å². The van der Waals surface area contributed by atoms with E-state index >= 15 is 0 Å². The van der Waals surface area contributed by atoms with Gasteiger partial charge in [-0.1, -0.05) is 45.1 Å². The van der Waals surface area contributed by atoms with Crippen LogP contribution in [0, 0.1) is 0 Å². The maximum Gasteiger partial charge on any atom is 1.00 e. The van der Waals surface area contributed by atoms with Gasteiger partial charge in [-0.2, -0.15) is 8.42 Å². The Balaban J connectivity index is -0.000000134. The average molecular weight is 491 g/mol. The van der Waals surface area contributed by atoms with E-state index in [0.29, 0.717) is 0 Å². The SMILES string of the molecule is CCCCCCCCC=CC(=O)[O-].CCOS(=O)(=O)C(N)(CC(=O)[O-])C(=O)[O-].[Na+].[Na+].[Na+]. The Morgan fingerprint density at radius 3 is 1.81 bits per heavy atom. The zero-order chi connectivity index (χ0) is 22.2. The minimum atomic E-state index is -4.77. The van der Waals surface area contributed by atoms with E-state index in [2.05, 4.69) is 11.1 Å². The molecular formula is C17H28NNa3O9S. The first kappa shape index (κ1) is 42.2. The standard InChI is InChI=1S/C11H20O2.C6H11NO7S.3Na/c1-2-3-4-5-6-7-8-9-10-11(12)13;1-2-14-15(12,13)6(7,5(10)11)3-4(8)9;;;/h9-10H,2-8H2,1H3,(H,12,13);2-3,7H2,1H3,(H,8,9)(H,10,11);;;/q;;3*+1/p-3. The average Bonchev–Trinajstić information content (AvgIpc) is 2.56. The summed E-state index contributed by atoms with van der Waals surface area (Å²) in [7, 11) is -4.77. The molecule has 1 atom stereocenters. The number of rotatable bonds is 14. The quantitative estimate of drug-likeness (QED) is 0.106. The van der Waals surface area contributed by atoms with Crippen molar-refractivity contribution in [3.8, 4) is 0 Å². The summed E-state index contributed by atoms with van der Waals surface area (Å²) in [5.74, 6) is -5.30. The van der Waals surface area contributed by atoms with Gasteiger partial charge in [0, 0.05) is 12.4 Å². The van der Waals surface area contributed by atoms with Crippen molar-refractivity contribution in [2.24, 2.45) is 5.73 Å². The molecule has 0 rings (SSSR count). The van der Waals surface area contributed by atoms with Crippen LogP contribution in [0.1, 0.15) is 65.2 Å².